The van der Waals surface area contributed by atoms with Gasteiger partial charge in [0.2, 0.25) is 0 Å². The van der Waals surface area contributed by atoms with Crippen LogP contribution < -0.4 is 5.73 Å². The van der Waals surface area contributed by atoms with Crippen LogP contribution in [0.1, 0.15) is 0 Å². The molecule has 5 heteroatoms. The summed E-state index contributed by atoms with van der Waals surface area (Å²) in [5.41, 5.74) is 4.74. The van der Waals surface area contributed by atoms with Crippen LogP contribution in [0.2, 0.25) is 0 Å². The zero-order valence-corrected chi connectivity index (χ0v) is 6.47. The number of halogens is 3. The molecule has 0 spiro atoms. The van der Waals surface area contributed by atoms with Gasteiger partial charge in [0.15, 0.2) is 0 Å². The molecule has 1 unspecified atom stereocenters. The number of hydrogen-bond acceptors (Lipinski definition) is 2. The van der Waals surface area contributed by atoms with Gasteiger partial charge in [-0.1, -0.05) is 0 Å². The molecule has 0 saturated heterocycles. The van der Waals surface area contributed by atoms with Crippen molar-refractivity contribution in [2.75, 3.05) is 7.05 Å². The largest absolute Gasteiger partial charge is 0.417 e. The Kier molecular flexibility index (Phi) is 2.14. The van der Waals surface area contributed by atoms with Crippen molar-refractivity contribution in [2.45, 2.75) is 12.3 Å². The molecule has 0 radical (unpaired) electrons. The third kappa shape index (κ3) is 1.79. The monoisotopic (exact) mass is 178 g/mol. The van der Waals surface area contributed by atoms with Gasteiger partial charge in [-0.05, 0) is 12.2 Å². The first kappa shape index (κ1) is 9.12. The van der Waals surface area contributed by atoms with Gasteiger partial charge < -0.3 is 10.6 Å². The third-order valence-electron chi connectivity index (χ3n) is 1.61. The maximum absolute atomic E-state index is 12.1. The van der Waals surface area contributed by atoms with E-state index in [2.05, 4.69) is 0 Å². The molecule has 0 saturated carbocycles. The summed E-state index contributed by atoms with van der Waals surface area (Å²) in [6, 6.07) is 0. The van der Waals surface area contributed by atoms with E-state index in [4.69, 9.17) is 5.73 Å². The lowest BCUT2D eigenvalue weighted by atomic mass is 10.2. The van der Waals surface area contributed by atoms with Crippen LogP contribution in [0.3, 0.4) is 0 Å². The molecule has 0 amide bonds. The molecule has 0 fully saturated rings. The third-order valence-corrected chi connectivity index (χ3v) is 1.61. The number of nitrogens with two attached hydrogens (primary N) is 1. The highest BCUT2D eigenvalue weighted by atomic mass is 19.4. The molecule has 1 heterocycles. The Bertz CT molecular complexity index is 229. The summed E-state index contributed by atoms with van der Waals surface area (Å²) < 4.78 is 36.2. The lowest BCUT2D eigenvalue weighted by Crippen LogP contribution is -2.36. The van der Waals surface area contributed by atoms with E-state index in [1.807, 2.05) is 0 Å². The van der Waals surface area contributed by atoms with Crippen LogP contribution in [0.4, 0.5) is 13.2 Å². The highest BCUT2D eigenvalue weighted by Crippen LogP contribution is 2.28. The van der Waals surface area contributed by atoms with Crippen LogP contribution in [0.5, 0.6) is 0 Å². The lowest BCUT2D eigenvalue weighted by Gasteiger charge is -2.25. The number of nitrogens with zero attached hydrogens (tertiary/aromatic N) is 1. The second-order valence-electron chi connectivity index (χ2n) is 2.60. The summed E-state index contributed by atoms with van der Waals surface area (Å²) in [5, 5.41) is 0. The summed E-state index contributed by atoms with van der Waals surface area (Å²) in [6.07, 6.45) is -1.46. The number of rotatable bonds is 0. The van der Waals surface area contributed by atoms with Crippen molar-refractivity contribution in [1.82, 2.24) is 4.90 Å². The molecule has 2 nitrogen and oxygen atoms in total. The molecule has 2 N–H and O–H groups in total. The van der Waals surface area contributed by atoms with E-state index in [9.17, 15) is 13.2 Å². The Labute approximate surface area is 68.1 Å². The summed E-state index contributed by atoms with van der Waals surface area (Å²) in [4.78, 5) is 1.31. The van der Waals surface area contributed by atoms with Gasteiger partial charge in [0.25, 0.3) is 0 Å². The van der Waals surface area contributed by atoms with Crippen molar-refractivity contribution in [1.29, 1.82) is 0 Å². The minimum absolute atomic E-state index is 0.462. The fraction of sp³-hybridized carbons (Fsp3) is 0.429. The van der Waals surface area contributed by atoms with E-state index in [-0.39, 0.29) is 0 Å². The Morgan fingerprint density at radius 1 is 1.50 bits per heavy atom. The van der Waals surface area contributed by atoms with Crippen molar-refractivity contribution < 1.29 is 13.2 Å². The minimum Gasteiger partial charge on any atom is -0.361 e. The van der Waals surface area contributed by atoms with Crippen LogP contribution in [-0.2, 0) is 0 Å². The lowest BCUT2D eigenvalue weighted by molar-refractivity contribution is -0.0896. The summed E-state index contributed by atoms with van der Waals surface area (Å²) in [7, 11) is 1.50. The van der Waals surface area contributed by atoms with E-state index in [0.29, 0.717) is 0 Å². The molecule has 68 valence electrons. The Morgan fingerprint density at radius 2 is 2.08 bits per heavy atom. The van der Waals surface area contributed by atoms with E-state index >= 15 is 0 Å². The van der Waals surface area contributed by atoms with Crippen molar-refractivity contribution in [3.63, 3.8) is 0 Å². The average molecular weight is 178 g/mol. The summed E-state index contributed by atoms with van der Waals surface area (Å²) in [5.74, 6) is 0. The maximum atomic E-state index is 12.1. The standard InChI is InChI=1S/C7H9F3N2/c1-12-4-5(7(8,9)10)2-3-6(12)11/h2-4,6H,11H2,1H3. The van der Waals surface area contributed by atoms with Crippen LogP contribution >= 0.6 is 0 Å². The molecule has 1 aliphatic heterocycles. The quantitative estimate of drug-likeness (QED) is 0.604. The topological polar surface area (TPSA) is 29.3 Å². The SMILES string of the molecule is CN1C=C(C(F)(F)F)C=CC1N. The first-order valence-electron chi connectivity index (χ1n) is 3.36. The Hall–Kier alpha value is -0.970. The van der Waals surface area contributed by atoms with Gasteiger partial charge >= 0.3 is 6.18 Å². The van der Waals surface area contributed by atoms with Crippen molar-refractivity contribution >= 4 is 0 Å². The van der Waals surface area contributed by atoms with Gasteiger partial charge in [-0.2, -0.15) is 13.2 Å². The summed E-state index contributed by atoms with van der Waals surface area (Å²) in [6.45, 7) is 0. The van der Waals surface area contributed by atoms with E-state index in [1.165, 1.54) is 18.0 Å². The van der Waals surface area contributed by atoms with Crippen LogP contribution in [-0.4, -0.2) is 24.3 Å². The van der Waals surface area contributed by atoms with E-state index in [0.717, 1.165) is 12.3 Å². The number of allylic oxidation sites excluding steroid dienone is 2. The molecule has 1 rings (SSSR count). The second-order valence-corrected chi connectivity index (χ2v) is 2.60. The fourth-order valence-electron chi connectivity index (χ4n) is 0.854. The van der Waals surface area contributed by atoms with E-state index < -0.39 is 17.9 Å². The molecular formula is C7H9F3N2. The molecule has 0 aromatic rings. The normalized spacial score (nSPS) is 24.2. The van der Waals surface area contributed by atoms with Crippen LogP contribution in [0.15, 0.2) is 23.9 Å². The van der Waals surface area contributed by atoms with Crippen molar-refractivity contribution in [2.24, 2.45) is 5.73 Å². The molecular weight excluding hydrogens is 169 g/mol. The van der Waals surface area contributed by atoms with Gasteiger partial charge in [-0.3, -0.25) is 0 Å². The Morgan fingerprint density at radius 3 is 2.50 bits per heavy atom. The highest BCUT2D eigenvalue weighted by Gasteiger charge is 2.33. The Balaban J connectivity index is 2.84. The summed E-state index contributed by atoms with van der Waals surface area (Å²) >= 11 is 0. The minimum atomic E-state index is -4.29. The van der Waals surface area contributed by atoms with Gasteiger partial charge in [-0.15, -0.1) is 0 Å². The van der Waals surface area contributed by atoms with Crippen LogP contribution in [0, 0.1) is 0 Å². The molecule has 1 aliphatic rings. The fourth-order valence-corrected chi connectivity index (χ4v) is 0.854. The van der Waals surface area contributed by atoms with Crippen LogP contribution in [0.25, 0.3) is 0 Å². The molecule has 0 aromatic heterocycles. The van der Waals surface area contributed by atoms with Gasteiger partial charge in [-0.25, -0.2) is 0 Å². The smallest absolute Gasteiger partial charge is 0.361 e. The van der Waals surface area contributed by atoms with Crippen molar-refractivity contribution in [3.8, 4) is 0 Å². The zero-order valence-electron chi connectivity index (χ0n) is 6.47. The van der Waals surface area contributed by atoms with Gasteiger partial charge in [0.05, 0.1) is 11.7 Å². The number of likely N-dealkylation sites (N-methyl/N-ethyl adjacent to an activating group) is 1. The van der Waals surface area contributed by atoms with Gasteiger partial charge in [0, 0.05) is 13.2 Å². The maximum Gasteiger partial charge on any atom is 0.417 e. The number of hydrogen-bond donors (Lipinski definition) is 1. The van der Waals surface area contributed by atoms with E-state index in [1.54, 1.807) is 0 Å². The first-order valence-corrected chi connectivity index (χ1v) is 3.36. The molecule has 0 bridgehead atoms. The average Bonchev–Trinajstić information content (AvgIpc) is 1.92. The molecule has 0 aliphatic carbocycles. The molecule has 12 heavy (non-hydrogen) atoms. The number of alkyl halides is 3. The second kappa shape index (κ2) is 2.82. The van der Waals surface area contributed by atoms with Crippen molar-refractivity contribution in [3.05, 3.63) is 23.9 Å². The molecule has 1 atom stereocenters. The predicted molar refractivity (Wildman–Crippen MR) is 39.0 cm³/mol. The van der Waals surface area contributed by atoms with Gasteiger partial charge in [0.1, 0.15) is 0 Å². The first-order chi connectivity index (χ1) is 5.41. The highest BCUT2D eigenvalue weighted by molar-refractivity contribution is 5.27. The molecule has 0 aromatic carbocycles. The predicted octanol–water partition coefficient (Wildman–Crippen LogP) is 1.22. The zero-order chi connectivity index (χ0) is 9.35.